The van der Waals surface area contributed by atoms with E-state index in [1.807, 2.05) is 37.3 Å². The van der Waals surface area contributed by atoms with Crippen LogP contribution in [0.1, 0.15) is 18.9 Å². The van der Waals surface area contributed by atoms with E-state index in [0.717, 1.165) is 25.1 Å². The molecule has 1 aliphatic heterocycles. The van der Waals surface area contributed by atoms with Crippen molar-refractivity contribution in [1.29, 1.82) is 0 Å². The minimum atomic E-state index is -0.836. The lowest BCUT2D eigenvalue weighted by molar-refractivity contribution is 0.0573. The predicted molar refractivity (Wildman–Crippen MR) is 72.4 cm³/mol. The largest absolute Gasteiger partial charge is 0.384 e. The zero-order valence-electron chi connectivity index (χ0n) is 10.9. The number of ether oxygens (including phenoxy) is 1. The molecule has 0 amide bonds. The van der Waals surface area contributed by atoms with Crippen molar-refractivity contribution in [1.82, 2.24) is 5.32 Å². The molecule has 0 aromatic heterocycles. The Bertz CT molecular complexity index is 398. The third-order valence-corrected chi connectivity index (χ3v) is 3.20. The van der Waals surface area contributed by atoms with Gasteiger partial charge in [-0.25, -0.2) is 0 Å². The smallest absolute Gasteiger partial charge is 0.0992 e. The van der Waals surface area contributed by atoms with Crippen molar-refractivity contribution in [3.8, 4) is 0 Å². The Morgan fingerprint density at radius 3 is 2.78 bits per heavy atom. The molecule has 1 aromatic carbocycles. The van der Waals surface area contributed by atoms with Crippen molar-refractivity contribution in [3.05, 3.63) is 47.5 Å². The maximum Gasteiger partial charge on any atom is 0.0992 e. The van der Waals surface area contributed by atoms with Gasteiger partial charge in [-0.2, -0.15) is 0 Å². The molecule has 2 rings (SSSR count). The molecule has 2 N–H and O–H groups in total. The molecular weight excluding hydrogens is 226 g/mol. The van der Waals surface area contributed by atoms with Crippen LogP contribution in [0, 0.1) is 0 Å². The number of hydrogen-bond acceptors (Lipinski definition) is 3. The van der Waals surface area contributed by atoms with Crippen LogP contribution in [-0.4, -0.2) is 31.4 Å². The zero-order chi connectivity index (χ0) is 12.8. The fraction of sp³-hybridized carbons (Fsp3) is 0.467. The highest BCUT2D eigenvalue weighted by Crippen LogP contribution is 2.19. The molecule has 0 fully saturated rings. The van der Waals surface area contributed by atoms with Crippen molar-refractivity contribution in [2.24, 2.45) is 0 Å². The molecule has 3 heteroatoms. The standard InChI is InChI=1S/C15H21NO2/c1-15(17,14-7-3-2-4-8-14)12-16-10-13-6-5-9-18-11-13/h2-4,6-8,16-17H,5,9-12H2,1H3. The van der Waals surface area contributed by atoms with Crippen LogP contribution in [0.4, 0.5) is 0 Å². The Morgan fingerprint density at radius 2 is 2.11 bits per heavy atom. The van der Waals surface area contributed by atoms with E-state index in [4.69, 9.17) is 4.74 Å². The van der Waals surface area contributed by atoms with Gasteiger partial charge in [0.25, 0.3) is 0 Å². The summed E-state index contributed by atoms with van der Waals surface area (Å²) >= 11 is 0. The molecule has 1 aliphatic rings. The lowest BCUT2D eigenvalue weighted by atomic mass is 9.96. The fourth-order valence-corrected chi connectivity index (χ4v) is 2.10. The lowest BCUT2D eigenvalue weighted by Crippen LogP contribution is -2.36. The van der Waals surface area contributed by atoms with Crippen molar-refractivity contribution < 1.29 is 9.84 Å². The molecule has 0 saturated carbocycles. The van der Waals surface area contributed by atoms with E-state index in [-0.39, 0.29) is 0 Å². The molecule has 1 unspecified atom stereocenters. The first-order valence-electron chi connectivity index (χ1n) is 6.43. The van der Waals surface area contributed by atoms with Gasteiger partial charge >= 0.3 is 0 Å². The highest BCUT2D eigenvalue weighted by atomic mass is 16.5. The van der Waals surface area contributed by atoms with E-state index < -0.39 is 5.60 Å². The average Bonchev–Trinajstić information content (AvgIpc) is 2.41. The van der Waals surface area contributed by atoms with Crippen molar-refractivity contribution in [2.75, 3.05) is 26.3 Å². The Balaban J connectivity index is 1.84. The number of aliphatic hydroxyl groups is 1. The van der Waals surface area contributed by atoms with E-state index in [1.54, 1.807) is 0 Å². The lowest BCUT2D eigenvalue weighted by Gasteiger charge is -2.25. The van der Waals surface area contributed by atoms with E-state index in [0.29, 0.717) is 13.2 Å². The van der Waals surface area contributed by atoms with E-state index in [1.165, 1.54) is 5.57 Å². The monoisotopic (exact) mass is 247 g/mol. The Morgan fingerprint density at radius 1 is 1.33 bits per heavy atom. The zero-order valence-corrected chi connectivity index (χ0v) is 10.9. The van der Waals surface area contributed by atoms with E-state index >= 15 is 0 Å². The molecule has 0 spiro atoms. The molecule has 0 saturated heterocycles. The highest BCUT2D eigenvalue weighted by molar-refractivity contribution is 5.22. The quantitative estimate of drug-likeness (QED) is 0.780. The second-order valence-corrected chi connectivity index (χ2v) is 4.95. The summed E-state index contributed by atoms with van der Waals surface area (Å²) in [4.78, 5) is 0. The van der Waals surface area contributed by atoms with Crippen LogP contribution < -0.4 is 5.32 Å². The number of rotatable bonds is 5. The van der Waals surface area contributed by atoms with Crippen LogP contribution in [0.2, 0.25) is 0 Å². The summed E-state index contributed by atoms with van der Waals surface area (Å²) in [5.41, 5.74) is 1.37. The van der Waals surface area contributed by atoms with Gasteiger partial charge in [0.15, 0.2) is 0 Å². The summed E-state index contributed by atoms with van der Waals surface area (Å²) in [5.74, 6) is 0. The first kappa shape index (κ1) is 13.3. The Hall–Kier alpha value is -1.16. The van der Waals surface area contributed by atoms with Crippen LogP contribution in [0.25, 0.3) is 0 Å². The first-order chi connectivity index (χ1) is 8.68. The van der Waals surface area contributed by atoms with Crippen molar-refractivity contribution >= 4 is 0 Å². The SMILES string of the molecule is CC(O)(CNCC1=CCCOC1)c1ccccc1. The summed E-state index contributed by atoms with van der Waals surface area (Å²) in [6.07, 6.45) is 3.21. The summed E-state index contributed by atoms with van der Waals surface area (Å²) in [6.45, 7) is 4.68. The molecule has 0 radical (unpaired) electrons. The van der Waals surface area contributed by atoms with Gasteiger partial charge in [0, 0.05) is 13.1 Å². The minimum absolute atomic E-state index is 0.536. The topological polar surface area (TPSA) is 41.5 Å². The predicted octanol–water partition coefficient (Wildman–Crippen LogP) is 1.83. The second-order valence-electron chi connectivity index (χ2n) is 4.95. The van der Waals surface area contributed by atoms with Gasteiger partial charge in [0.1, 0.15) is 0 Å². The van der Waals surface area contributed by atoms with Crippen LogP contribution in [0.15, 0.2) is 42.0 Å². The summed E-state index contributed by atoms with van der Waals surface area (Å²) in [6, 6.07) is 9.75. The second kappa shape index (κ2) is 6.14. The maximum absolute atomic E-state index is 10.4. The Kier molecular flexibility index (Phi) is 4.53. The number of benzene rings is 1. The third-order valence-electron chi connectivity index (χ3n) is 3.20. The van der Waals surface area contributed by atoms with E-state index in [9.17, 15) is 5.11 Å². The van der Waals surface area contributed by atoms with Gasteiger partial charge in [-0.05, 0) is 24.5 Å². The van der Waals surface area contributed by atoms with Gasteiger partial charge in [0.05, 0.1) is 18.8 Å². The average molecular weight is 247 g/mol. The molecule has 1 atom stereocenters. The maximum atomic E-state index is 10.4. The summed E-state index contributed by atoms with van der Waals surface area (Å²) in [5, 5.41) is 13.7. The number of nitrogens with one attached hydrogen (secondary N) is 1. The van der Waals surface area contributed by atoms with Gasteiger partial charge in [-0.15, -0.1) is 0 Å². The van der Waals surface area contributed by atoms with Crippen molar-refractivity contribution in [3.63, 3.8) is 0 Å². The van der Waals surface area contributed by atoms with Gasteiger partial charge in [-0.1, -0.05) is 36.4 Å². The molecule has 3 nitrogen and oxygen atoms in total. The van der Waals surface area contributed by atoms with Crippen LogP contribution in [-0.2, 0) is 10.3 Å². The van der Waals surface area contributed by atoms with Crippen molar-refractivity contribution in [2.45, 2.75) is 18.9 Å². The van der Waals surface area contributed by atoms with Crippen LogP contribution >= 0.6 is 0 Å². The molecule has 1 aromatic rings. The molecule has 1 heterocycles. The van der Waals surface area contributed by atoms with Crippen LogP contribution in [0.5, 0.6) is 0 Å². The molecule has 98 valence electrons. The third kappa shape index (κ3) is 3.67. The first-order valence-corrected chi connectivity index (χ1v) is 6.43. The van der Waals surface area contributed by atoms with Gasteiger partial charge in [-0.3, -0.25) is 0 Å². The van der Waals surface area contributed by atoms with Gasteiger partial charge < -0.3 is 15.2 Å². The highest BCUT2D eigenvalue weighted by Gasteiger charge is 2.22. The summed E-state index contributed by atoms with van der Waals surface area (Å²) < 4.78 is 5.38. The summed E-state index contributed by atoms with van der Waals surface area (Å²) in [7, 11) is 0. The minimum Gasteiger partial charge on any atom is -0.384 e. The fourth-order valence-electron chi connectivity index (χ4n) is 2.10. The van der Waals surface area contributed by atoms with E-state index in [2.05, 4.69) is 11.4 Å². The molecule has 0 bridgehead atoms. The number of hydrogen-bond donors (Lipinski definition) is 2. The molecular formula is C15H21NO2. The molecule has 0 aliphatic carbocycles. The molecule has 18 heavy (non-hydrogen) atoms. The van der Waals surface area contributed by atoms with Crippen LogP contribution in [0.3, 0.4) is 0 Å². The normalized spacial score (nSPS) is 19.1. The Labute approximate surface area is 108 Å². The van der Waals surface area contributed by atoms with Gasteiger partial charge in [0.2, 0.25) is 0 Å².